The number of aliphatic carboxylic acids is 1. The molecule has 0 aliphatic rings. The van der Waals surface area contributed by atoms with Crippen LogP contribution >= 0.6 is 11.8 Å². The van der Waals surface area contributed by atoms with Crippen LogP contribution in [-0.2, 0) is 4.79 Å². The summed E-state index contributed by atoms with van der Waals surface area (Å²) < 4.78 is 0. The zero-order valence-electron chi connectivity index (χ0n) is 10.9. The van der Waals surface area contributed by atoms with Gasteiger partial charge in [-0.15, -0.1) is 0 Å². The molecule has 100 valence electrons. The van der Waals surface area contributed by atoms with Gasteiger partial charge < -0.3 is 15.7 Å². The van der Waals surface area contributed by atoms with Crippen LogP contribution in [0, 0.1) is 5.92 Å². The molecule has 0 aromatic carbocycles. The third kappa shape index (κ3) is 5.81. The Morgan fingerprint density at radius 2 is 2.06 bits per heavy atom. The molecule has 2 atom stereocenters. The van der Waals surface area contributed by atoms with E-state index in [-0.39, 0.29) is 0 Å². The molecule has 6 heteroatoms. The van der Waals surface area contributed by atoms with Crippen molar-refractivity contribution in [1.29, 1.82) is 0 Å². The Labute approximate surface area is 107 Å². The number of carboxylic acid groups (broad SMARTS) is 1. The molecular formula is C11H22N2O3S. The van der Waals surface area contributed by atoms with Crippen molar-refractivity contribution in [3.8, 4) is 0 Å². The maximum absolute atomic E-state index is 11.5. The van der Waals surface area contributed by atoms with Crippen LogP contribution in [0.3, 0.4) is 0 Å². The van der Waals surface area contributed by atoms with Gasteiger partial charge in [-0.05, 0) is 31.3 Å². The maximum Gasteiger partial charge on any atom is 0.329 e. The highest BCUT2D eigenvalue weighted by Crippen LogP contribution is 2.09. The highest BCUT2D eigenvalue weighted by molar-refractivity contribution is 7.98. The first-order chi connectivity index (χ1) is 7.85. The normalized spacial score (nSPS) is 15.8. The van der Waals surface area contributed by atoms with Crippen molar-refractivity contribution in [2.45, 2.75) is 32.7 Å². The Bertz CT molecular complexity index is 273. The summed E-state index contributed by atoms with van der Waals surface area (Å²) in [5.41, 5.74) is -1.20. The molecule has 0 fully saturated rings. The van der Waals surface area contributed by atoms with Crippen molar-refractivity contribution in [2.24, 2.45) is 5.92 Å². The van der Waals surface area contributed by atoms with E-state index in [2.05, 4.69) is 10.6 Å². The summed E-state index contributed by atoms with van der Waals surface area (Å²) in [4.78, 5) is 22.5. The van der Waals surface area contributed by atoms with Crippen LogP contribution in [0.1, 0.15) is 27.2 Å². The molecule has 0 bridgehead atoms. The summed E-state index contributed by atoms with van der Waals surface area (Å²) in [6, 6.07) is -0.426. The lowest BCUT2D eigenvalue weighted by molar-refractivity contribution is -0.143. The molecule has 2 unspecified atom stereocenters. The molecule has 3 N–H and O–H groups in total. The van der Waals surface area contributed by atoms with Crippen molar-refractivity contribution in [1.82, 2.24) is 10.6 Å². The van der Waals surface area contributed by atoms with E-state index in [4.69, 9.17) is 5.11 Å². The van der Waals surface area contributed by atoms with E-state index in [0.29, 0.717) is 18.9 Å². The van der Waals surface area contributed by atoms with Gasteiger partial charge in [0.25, 0.3) is 0 Å². The standard InChI is InChI=1S/C11H22N2O3S/c1-5-11(3,9(14)15)13-10(16)12-6-8(2)7-17-4/h8H,5-7H2,1-4H3,(H,14,15)(H2,12,13,16). The van der Waals surface area contributed by atoms with Crippen molar-refractivity contribution < 1.29 is 14.7 Å². The number of carboxylic acids is 1. The third-order valence-corrected chi connectivity index (χ3v) is 3.53. The summed E-state index contributed by atoms with van der Waals surface area (Å²) in [5, 5.41) is 14.2. The van der Waals surface area contributed by atoms with E-state index in [9.17, 15) is 9.59 Å². The Kier molecular flexibility index (Phi) is 7.03. The Balaban J connectivity index is 4.13. The Hall–Kier alpha value is -0.910. The van der Waals surface area contributed by atoms with Gasteiger partial charge in [0.05, 0.1) is 0 Å². The van der Waals surface area contributed by atoms with Crippen molar-refractivity contribution >= 4 is 23.8 Å². The fourth-order valence-electron chi connectivity index (χ4n) is 1.20. The summed E-state index contributed by atoms with van der Waals surface area (Å²) in [6.07, 6.45) is 2.35. The minimum Gasteiger partial charge on any atom is -0.480 e. The van der Waals surface area contributed by atoms with Gasteiger partial charge in [-0.1, -0.05) is 13.8 Å². The van der Waals surface area contributed by atoms with Crippen LogP contribution in [0.25, 0.3) is 0 Å². The fourth-order valence-corrected chi connectivity index (χ4v) is 1.89. The van der Waals surface area contributed by atoms with Gasteiger partial charge in [0.2, 0.25) is 0 Å². The number of amides is 2. The third-order valence-electron chi connectivity index (χ3n) is 2.63. The molecule has 0 aliphatic carbocycles. The molecule has 17 heavy (non-hydrogen) atoms. The molecule has 0 saturated carbocycles. The lowest BCUT2D eigenvalue weighted by Gasteiger charge is -2.25. The van der Waals surface area contributed by atoms with Crippen molar-refractivity contribution in [2.75, 3.05) is 18.6 Å². The number of carbonyl (C=O) groups is 2. The zero-order valence-corrected chi connectivity index (χ0v) is 11.7. The van der Waals surface area contributed by atoms with Crippen molar-refractivity contribution in [3.05, 3.63) is 0 Å². The SMILES string of the molecule is CCC(C)(NC(=O)NCC(C)CSC)C(=O)O. The molecule has 5 nitrogen and oxygen atoms in total. The second kappa shape index (κ2) is 7.42. The lowest BCUT2D eigenvalue weighted by atomic mass is 10.00. The highest BCUT2D eigenvalue weighted by Gasteiger charge is 2.32. The molecule has 2 amide bonds. The average molecular weight is 262 g/mol. The van der Waals surface area contributed by atoms with Gasteiger partial charge in [0.1, 0.15) is 5.54 Å². The van der Waals surface area contributed by atoms with E-state index < -0.39 is 17.5 Å². The predicted octanol–water partition coefficient (Wildman–Crippen LogP) is 1.54. The molecular weight excluding hydrogens is 240 g/mol. The van der Waals surface area contributed by atoms with Gasteiger partial charge in [-0.25, -0.2) is 9.59 Å². The zero-order chi connectivity index (χ0) is 13.5. The number of thioether (sulfide) groups is 1. The second-order valence-electron chi connectivity index (χ2n) is 4.39. The quantitative estimate of drug-likeness (QED) is 0.650. The fraction of sp³-hybridized carbons (Fsp3) is 0.818. The van der Waals surface area contributed by atoms with Crippen LogP contribution in [0.5, 0.6) is 0 Å². The average Bonchev–Trinajstić information content (AvgIpc) is 2.26. The molecule has 0 aromatic heterocycles. The number of urea groups is 1. The summed E-state index contributed by atoms with van der Waals surface area (Å²) in [7, 11) is 0. The molecule has 0 saturated heterocycles. The van der Waals surface area contributed by atoms with Crippen LogP contribution in [0.15, 0.2) is 0 Å². The van der Waals surface area contributed by atoms with E-state index in [1.54, 1.807) is 18.7 Å². The molecule has 0 aliphatic heterocycles. The Morgan fingerprint density at radius 1 is 1.47 bits per heavy atom. The van der Waals surface area contributed by atoms with Crippen LogP contribution in [0.2, 0.25) is 0 Å². The number of nitrogens with one attached hydrogen (secondary N) is 2. The van der Waals surface area contributed by atoms with E-state index in [1.807, 2.05) is 13.2 Å². The summed E-state index contributed by atoms with van der Waals surface area (Å²) >= 11 is 1.72. The first-order valence-electron chi connectivity index (χ1n) is 5.64. The van der Waals surface area contributed by atoms with Gasteiger partial charge >= 0.3 is 12.0 Å². The molecule has 0 spiro atoms. The van der Waals surface area contributed by atoms with Crippen LogP contribution < -0.4 is 10.6 Å². The molecule has 0 radical (unpaired) electrons. The lowest BCUT2D eigenvalue weighted by Crippen LogP contribution is -2.55. The minimum atomic E-state index is -1.20. The van der Waals surface area contributed by atoms with E-state index in [1.165, 1.54) is 6.92 Å². The number of carbonyl (C=O) groups excluding carboxylic acids is 1. The molecule has 0 rings (SSSR count). The van der Waals surface area contributed by atoms with Gasteiger partial charge in [0.15, 0.2) is 0 Å². The number of hydrogen-bond acceptors (Lipinski definition) is 3. The number of hydrogen-bond donors (Lipinski definition) is 3. The minimum absolute atomic E-state index is 0.343. The largest absolute Gasteiger partial charge is 0.480 e. The van der Waals surface area contributed by atoms with Gasteiger partial charge in [-0.2, -0.15) is 11.8 Å². The van der Waals surface area contributed by atoms with Crippen LogP contribution in [-0.4, -0.2) is 41.2 Å². The highest BCUT2D eigenvalue weighted by atomic mass is 32.2. The van der Waals surface area contributed by atoms with E-state index >= 15 is 0 Å². The first kappa shape index (κ1) is 16.1. The Morgan fingerprint density at radius 3 is 2.47 bits per heavy atom. The molecule has 0 heterocycles. The van der Waals surface area contributed by atoms with Crippen LogP contribution in [0.4, 0.5) is 4.79 Å². The first-order valence-corrected chi connectivity index (χ1v) is 7.03. The molecule has 0 aromatic rings. The monoisotopic (exact) mass is 262 g/mol. The van der Waals surface area contributed by atoms with Gasteiger partial charge in [0, 0.05) is 6.54 Å². The predicted molar refractivity (Wildman–Crippen MR) is 70.4 cm³/mol. The van der Waals surface area contributed by atoms with Crippen molar-refractivity contribution in [3.63, 3.8) is 0 Å². The smallest absolute Gasteiger partial charge is 0.329 e. The topological polar surface area (TPSA) is 78.4 Å². The summed E-state index contributed by atoms with van der Waals surface area (Å²) in [6.45, 7) is 5.81. The number of rotatable bonds is 7. The van der Waals surface area contributed by atoms with Gasteiger partial charge in [-0.3, -0.25) is 0 Å². The summed E-state index contributed by atoms with van der Waals surface area (Å²) in [5.74, 6) is 0.310. The maximum atomic E-state index is 11.5. The van der Waals surface area contributed by atoms with E-state index in [0.717, 1.165) is 5.75 Å². The second-order valence-corrected chi connectivity index (χ2v) is 5.30.